The van der Waals surface area contributed by atoms with Crippen molar-refractivity contribution in [2.45, 2.75) is 0 Å². The molecule has 0 unspecified atom stereocenters. The Hall–Kier alpha value is -3.36. The van der Waals surface area contributed by atoms with Gasteiger partial charge in [0.1, 0.15) is 17.1 Å². The van der Waals surface area contributed by atoms with Crippen LogP contribution in [0, 0.1) is 0 Å². The predicted molar refractivity (Wildman–Crippen MR) is 141 cm³/mol. The molecule has 0 aliphatic carbocycles. The van der Waals surface area contributed by atoms with E-state index in [0.717, 1.165) is 14.3 Å². The standard InChI is InChI=1S/C26H19Br2NO5/c1-32-23-9-7-15(19-12-16-5-3-4-6-22(16)34-26(19)31)13-21(23)29-24(30)10-8-17-11-18(27)14-20(28)25(17)33-2/h3-14H,1-2H3,(H,29,30). The van der Waals surface area contributed by atoms with Crippen LogP contribution in [0.25, 0.3) is 28.2 Å². The van der Waals surface area contributed by atoms with Gasteiger partial charge in [-0.25, -0.2) is 4.79 Å². The van der Waals surface area contributed by atoms with Gasteiger partial charge in [0.15, 0.2) is 0 Å². The van der Waals surface area contributed by atoms with Gasteiger partial charge in [0.25, 0.3) is 0 Å². The maximum atomic E-state index is 12.7. The van der Waals surface area contributed by atoms with Gasteiger partial charge < -0.3 is 19.2 Å². The normalized spacial score (nSPS) is 11.1. The Balaban J connectivity index is 1.65. The van der Waals surface area contributed by atoms with Crippen molar-refractivity contribution < 1.29 is 18.7 Å². The minimum atomic E-state index is -0.464. The molecule has 0 radical (unpaired) electrons. The topological polar surface area (TPSA) is 77.8 Å². The minimum absolute atomic E-state index is 0.376. The number of benzene rings is 3. The summed E-state index contributed by atoms with van der Waals surface area (Å²) in [6.07, 6.45) is 3.05. The highest BCUT2D eigenvalue weighted by Gasteiger charge is 2.13. The fourth-order valence-corrected chi connectivity index (χ4v) is 4.92. The number of nitrogens with one attached hydrogen (secondary N) is 1. The molecule has 4 rings (SSSR count). The molecule has 1 N–H and O–H groups in total. The van der Waals surface area contributed by atoms with Crippen LogP contribution in [0.4, 0.5) is 5.69 Å². The first-order chi connectivity index (χ1) is 16.4. The lowest BCUT2D eigenvalue weighted by Gasteiger charge is -2.11. The highest BCUT2D eigenvalue weighted by atomic mass is 79.9. The Bertz CT molecular complexity index is 1480. The van der Waals surface area contributed by atoms with Gasteiger partial charge in [-0.2, -0.15) is 0 Å². The van der Waals surface area contributed by atoms with Crippen LogP contribution < -0.4 is 20.4 Å². The second-order valence-corrected chi connectivity index (χ2v) is 9.00. The number of ether oxygens (including phenoxy) is 2. The van der Waals surface area contributed by atoms with Crippen molar-refractivity contribution in [3.05, 3.63) is 91.7 Å². The van der Waals surface area contributed by atoms with E-state index in [-0.39, 0.29) is 5.91 Å². The molecule has 0 fully saturated rings. The van der Waals surface area contributed by atoms with E-state index in [1.54, 1.807) is 43.5 Å². The summed E-state index contributed by atoms with van der Waals surface area (Å²) in [6.45, 7) is 0. The Morgan fingerprint density at radius 2 is 1.79 bits per heavy atom. The van der Waals surface area contributed by atoms with Gasteiger partial charge in [-0.05, 0) is 64.0 Å². The zero-order valence-corrected chi connectivity index (χ0v) is 21.4. The first-order valence-electron chi connectivity index (χ1n) is 10.1. The summed E-state index contributed by atoms with van der Waals surface area (Å²) >= 11 is 6.89. The summed E-state index contributed by atoms with van der Waals surface area (Å²) in [4.78, 5) is 25.3. The van der Waals surface area contributed by atoms with E-state index in [0.29, 0.717) is 39.5 Å². The second-order valence-electron chi connectivity index (χ2n) is 7.23. The number of hydrogen-bond acceptors (Lipinski definition) is 5. The van der Waals surface area contributed by atoms with Crippen LogP contribution >= 0.6 is 31.9 Å². The maximum absolute atomic E-state index is 12.7. The Morgan fingerprint density at radius 1 is 1.00 bits per heavy atom. The van der Waals surface area contributed by atoms with E-state index in [9.17, 15) is 9.59 Å². The Kier molecular flexibility index (Phi) is 7.19. The molecule has 1 amide bonds. The summed E-state index contributed by atoms with van der Waals surface area (Å²) in [7, 11) is 3.07. The van der Waals surface area contributed by atoms with E-state index in [1.165, 1.54) is 13.2 Å². The molecule has 8 heteroatoms. The third kappa shape index (κ3) is 5.08. The quantitative estimate of drug-likeness (QED) is 0.203. The molecule has 0 aliphatic rings. The summed E-state index contributed by atoms with van der Waals surface area (Å²) in [5.41, 5.74) is 2.16. The van der Waals surface area contributed by atoms with E-state index in [1.807, 2.05) is 30.3 Å². The van der Waals surface area contributed by atoms with Gasteiger partial charge in [0, 0.05) is 21.5 Å². The van der Waals surface area contributed by atoms with E-state index in [2.05, 4.69) is 37.2 Å². The van der Waals surface area contributed by atoms with Crippen LogP contribution in [-0.2, 0) is 4.79 Å². The van der Waals surface area contributed by atoms with Gasteiger partial charge in [-0.15, -0.1) is 0 Å². The Morgan fingerprint density at radius 3 is 2.56 bits per heavy atom. The van der Waals surface area contributed by atoms with Crippen LogP contribution in [0.1, 0.15) is 5.56 Å². The van der Waals surface area contributed by atoms with Gasteiger partial charge in [-0.3, -0.25) is 4.79 Å². The molecule has 3 aromatic carbocycles. The van der Waals surface area contributed by atoms with Crippen molar-refractivity contribution in [1.82, 2.24) is 0 Å². The summed E-state index contributed by atoms with van der Waals surface area (Å²) in [5, 5.41) is 3.62. The van der Waals surface area contributed by atoms with Gasteiger partial charge in [0.05, 0.1) is 29.9 Å². The number of carbonyl (C=O) groups excluding carboxylic acids is 1. The zero-order valence-electron chi connectivity index (χ0n) is 18.2. The monoisotopic (exact) mass is 583 g/mol. The number of fused-ring (bicyclic) bond motifs is 1. The number of rotatable bonds is 6. The maximum Gasteiger partial charge on any atom is 0.344 e. The van der Waals surface area contributed by atoms with Crippen LogP contribution in [-0.4, -0.2) is 20.1 Å². The summed E-state index contributed by atoms with van der Waals surface area (Å²) < 4.78 is 17.9. The third-order valence-electron chi connectivity index (χ3n) is 5.07. The predicted octanol–water partition coefficient (Wildman–Crippen LogP) is 6.65. The first-order valence-corrected chi connectivity index (χ1v) is 11.7. The smallest absolute Gasteiger partial charge is 0.344 e. The van der Waals surface area contributed by atoms with Crippen molar-refractivity contribution in [3.63, 3.8) is 0 Å². The molecule has 0 bridgehead atoms. The SMILES string of the molecule is COc1ccc(-c2cc3ccccc3oc2=O)cc1NC(=O)C=Cc1cc(Br)cc(Br)c1OC. The van der Waals surface area contributed by atoms with Crippen LogP contribution in [0.15, 0.2) is 84.9 Å². The minimum Gasteiger partial charge on any atom is -0.495 e. The van der Waals surface area contributed by atoms with Crippen molar-refractivity contribution in [2.24, 2.45) is 0 Å². The highest BCUT2D eigenvalue weighted by molar-refractivity contribution is 9.11. The van der Waals surface area contributed by atoms with Crippen LogP contribution in [0.5, 0.6) is 11.5 Å². The van der Waals surface area contributed by atoms with Crippen LogP contribution in [0.2, 0.25) is 0 Å². The fourth-order valence-electron chi connectivity index (χ4n) is 3.50. The molecule has 0 aliphatic heterocycles. The van der Waals surface area contributed by atoms with E-state index >= 15 is 0 Å². The van der Waals surface area contributed by atoms with Gasteiger partial charge in [0.2, 0.25) is 5.91 Å². The lowest BCUT2D eigenvalue weighted by molar-refractivity contribution is -0.111. The molecule has 1 aromatic heterocycles. The zero-order chi connectivity index (χ0) is 24.2. The number of hydrogen-bond donors (Lipinski definition) is 1. The molecular formula is C26H19Br2NO5. The molecule has 4 aromatic rings. The number of anilines is 1. The van der Waals surface area contributed by atoms with Crippen molar-refractivity contribution >= 4 is 60.5 Å². The molecule has 34 heavy (non-hydrogen) atoms. The highest BCUT2D eigenvalue weighted by Crippen LogP contribution is 2.34. The van der Waals surface area contributed by atoms with Crippen LogP contribution in [0.3, 0.4) is 0 Å². The molecule has 0 atom stereocenters. The molecule has 0 saturated carbocycles. The number of halogens is 2. The van der Waals surface area contributed by atoms with Crippen molar-refractivity contribution in [1.29, 1.82) is 0 Å². The molecule has 6 nitrogen and oxygen atoms in total. The number of carbonyl (C=O) groups is 1. The van der Waals surface area contributed by atoms with E-state index < -0.39 is 5.63 Å². The third-order valence-corrected chi connectivity index (χ3v) is 6.11. The summed E-state index contributed by atoms with van der Waals surface area (Å²) in [5.74, 6) is 0.687. The molecule has 0 spiro atoms. The average Bonchev–Trinajstić information content (AvgIpc) is 2.82. The fraction of sp³-hybridized carbons (Fsp3) is 0.0769. The van der Waals surface area contributed by atoms with Crippen molar-refractivity contribution in [2.75, 3.05) is 19.5 Å². The second kappa shape index (κ2) is 10.3. The number of amides is 1. The average molecular weight is 585 g/mol. The first kappa shape index (κ1) is 23.8. The largest absolute Gasteiger partial charge is 0.495 e. The number of methoxy groups -OCH3 is 2. The Labute approximate surface area is 212 Å². The summed E-state index contributed by atoms with van der Waals surface area (Å²) in [6, 6.07) is 17.9. The molecule has 0 saturated heterocycles. The van der Waals surface area contributed by atoms with Gasteiger partial charge >= 0.3 is 5.63 Å². The van der Waals surface area contributed by atoms with E-state index in [4.69, 9.17) is 13.9 Å². The lowest BCUT2D eigenvalue weighted by atomic mass is 10.0. The van der Waals surface area contributed by atoms with Crippen molar-refractivity contribution in [3.8, 4) is 22.6 Å². The van der Waals surface area contributed by atoms with Gasteiger partial charge in [-0.1, -0.05) is 40.2 Å². The molecular weight excluding hydrogens is 566 g/mol. The number of para-hydroxylation sites is 1. The lowest BCUT2D eigenvalue weighted by Crippen LogP contribution is -2.10. The molecule has 1 heterocycles. The molecule has 172 valence electrons.